The van der Waals surface area contributed by atoms with E-state index in [1.807, 2.05) is 0 Å². The Morgan fingerprint density at radius 1 is 1.13 bits per heavy atom. The topological polar surface area (TPSA) is 97.0 Å². The number of amides is 4. The Morgan fingerprint density at radius 3 is 2.53 bits per heavy atom. The molecule has 1 saturated heterocycles. The van der Waals surface area contributed by atoms with Crippen LogP contribution in [0.25, 0.3) is 0 Å². The molecule has 0 aromatic heterocycles. The van der Waals surface area contributed by atoms with Crippen LogP contribution in [-0.4, -0.2) is 42.5 Å². The number of rotatable bonds is 5. The Bertz CT molecular complexity index is 1010. The summed E-state index contributed by atoms with van der Waals surface area (Å²) in [5.41, 5.74) is -0.128. The number of urea groups is 1. The van der Waals surface area contributed by atoms with E-state index < -0.39 is 29.9 Å². The van der Waals surface area contributed by atoms with E-state index in [0.717, 1.165) is 4.90 Å². The molecule has 0 bridgehead atoms. The molecule has 1 fully saturated rings. The van der Waals surface area contributed by atoms with Crippen LogP contribution in [0.1, 0.15) is 18.9 Å². The van der Waals surface area contributed by atoms with Gasteiger partial charge in [0.15, 0.2) is 11.5 Å². The van der Waals surface area contributed by atoms with Gasteiger partial charge in [-0.3, -0.25) is 14.5 Å². The van der Waals surface area contributed by atoms with E-state index in [2.05, 4.69) is 10.6 Å². The molecular formula is C21H20ClN3O5. The molecule has 2 aliphatic rings. The highest BCUT2D eigenvalue weighted by Gasteiger charge is 2.51. The van der Waals surface area contributed by atoms with Crippen molar-refractivity contribution in [1.82, 2.24) is 10.2 Å². The molecule has 156 valence electrons. The first-order valence-corrected chi connectivity index (χ1v) is 9.90. The van der Waals surface area contributed by atoms with Gasteiger partial charge in [0.25, 0.3) is 5.91 Å². The molecule has 0 aliphatic carbocycles. The number of halogens is 1. The molecule has 0 unspecified atom stereocenters. The number of imide groups is 1. The Balaban J connectivity index is 1.49. The van der Waals surface area contributed by atoms with Crippen molar-refractivity contribution in [1.29, 1.82) is 0 Å². The number of nitrogens with one attached hydrogen (secondary N) is 2. The van der Waals surface area contributed by atoms with Crippen molar-refractivity contribution >= 4 is 35.1 Å². The van der Waals surface area contributed by atoms with Gasteiger partial charge in [-0.05, 0) is 36.2 Å². The fourth-order valence-corrected chi connectivity index (χ4v) is 3.73. The van der Waals surface area contributed by atoms with Crippen molar-refractivity contribution in [2.24, 2.45) is 0 Å². The molecule has 9 heteroatoms. The van der Waals surface area contributed by atoms with E-state index in [1.54, 1.807) is 49.4 Å². The summed E-state index contributed by atoms with van der Waals surface area (Å²) in [6.07, 6.45) is 0.333. The molecule has 1 atom stereocenters. The maximum atomic E-state index is 13.1. The average molecular weight is 430 g/mol. The van der Waals surface area contributed by atoms with E-state index >= 15 is 0 Å². The van der Waals surface area contributed by atoms with Gasteiger partial charge in [0, 0.05) is 16.8 Å². The zero-order chi connectivity index (χ0) is 21.3. The minimum absolute atomic E-state index is 0.333. The highest BCUT2D eigenvalue weighted by molar-refractivity contribution is 6.30. The lowest BCUT2D eigenvalue weighted by atomic mass is 9.87. The predicted molar refractivity (Wildman–Crippen MR) is 110 cm³/mol. The molecule has 2 N–H and O–H groups in total. The molecule has 0 saturated carbocycles. The number of nitrogens with zero attached hydrogens (tertiary/aromatic N) is 1. The second-order valence-electron chi connectivity index (χ2n) is 6.99. The molecule has 2 aromatic rings. The van der Waals surface area contributed by atoms with Gasteiger partial charge in [-0.1, -0.05) is 30.7 Å². The van der Waals surface area contributed by atoms with Crippen LogP contribution in [0.15, 0.2) is 42.5 Å². The van der Waals surface area contributed by atoms with Crippen molar-refractivity contribution in [2.75, 3.05) is 25.1 Å². The van der Waals surface area contributed by atoms with Crippen molar-refractivity contribution in [3.63, 3.8) is 0 Å². The molecule has 30 heavy (non-hydrogen) atoms. The molecule has 2 heterocycles. The van der Waals surface area contributed by atoms with E-state index in [0.29, 0.717) is 47.4 Å². The molecule has 4 amide bonds. The highest BCUT2D eigenvalue weighted by atomic mass is 35.5. The standard InChI is InChI=1S/C21H20ClN3O5/c1-2-21(13-3-5-14(22)6-4-13)19(27)25(20(28)24-21)12-18(26)23-15-7-8-16-17(11-15)30-10-9-29-16/h3-8,11H,2,9-10,12H2,1H3,(H,23,26)(H,24,28)/t21-/m1/s1. The number of ether oxygens (including phenoxy) is 2. The fourth-order valence-electron chi connectivity index (χ4n) is 3.61. The third kappa shape index (κ3) is 3.54. The first-order valence-electron chi connectivity index (χ1n) is 9.52. The van der Waals surface area contributed by atoms with E-state index in [1.165, 1.54) is 0 Å². The minimum Gasteiger partial charge on any atom is -0.486 e. The first kappa shape index (κ1) is 20.0. The molecule has 0 spiro atoms. The SMILES string of the molecule is CC[C@]1(c2ccc(Cl)cc2)NC(=O)N(CC(=O)Nc2ccc3c(c2)OCCO3)C1=O. The van der Waals surface area contributed by atoms with Crippen molar-refractivity contribution in [3.8, 4) is 11.5 Å². The predicted octanol–water partition coefficient (Wildman–Crippen LogP) is 2.91. The van der Waals surface area contributed by atoms with Crippen LogP contribution in [0.2, 0.25) is 5.02 Å². The van der Waals surface area contributed by atoms with E-state index in [9.17, 15) is 14.4 Å². The lowest BCUT2D eigenvalue weighted by Gasteiger charge is -2.25. The summed E-state index contributed by atoms with van der Waals surface area (Å²) in [5.74, 6) is 0.152. The Morgan fingerprint density at radius 2 is 1.83 bits per heavy atom. The molecule has 2 aromatic carbocycles. The summed E-state index contributed by atoms with van der Waals surface area (Å²) in [6.45, 7) is 2.29. The van der Waals surface area contributed by atoms with Gasteiger partial charge in [0.1, 0.15) is 25.3 Å². The van der Waals surface area contributed by atoms with Crippen molar-refractivity contribution in [3.05, 3.63) is 53.1 Å². The van der Waals surface area contributed by atoms with Gasteiger partial charge in [-0.25, -0.2) is 4.79 Å². The van der Waals surface area contributed by atoms with Gasteiger partial charge in [-0.2, -0.15) is 0 Å². The molecule has 8 nitrogen and oxygen atoms in total. The third-order valence-electron chi connectivity index (χ3n) is 5.17. The molecule has 2 aliphatic heterocycles. The Kier molecular flexibility index (Phi) is 5.26. The van der Waals surface area contributed by atoms with Crippen molar-refractivity contribution in [2.45, 2.75) is 18.9 Å². The summed E-state index contributed by atoms with van der Waals surface area (Å²) in [6, 6.07) is 11.1. The van der Waals surface area contributed by atoms with Crippen molar-refractivity contribution < 1.29 is 23.9 Å². The number of carbonyl (C=O) groups is 3. The van der Waals surface area contributed by atoms with Crippen LogP contribution in [0.3, 0.4) is 0 Å². The summed E-state index contributed by atoms with van der Waals surface area (Å²) in [5, 5.41) is 5.95. The Hall–Kier alpha value is -3.26. The minimum atomic E-state index is -1.22. The number of carbonyl (C=O) groups excluding carboxylic acids is 3. The first-order chi connectivity index (χ1) is 14.4. The van der Waals surface area contributed by atoms with Gasteiger partial charge in [0.2, 0.25) is 5.91 Å². The number of hydrogen-bond donors (Lipinski definition) is 2. The van der Waals surface area contributed by atoms with Crippen LogP contribution in [-0.2, 0) is 15.1 Å². The zero-order valence-corrected chi connectivity index (χ0v) is 17.0. The molecular weight excluding hydrogens is 410 g/mol. The monoisotopic (exact) mass is 429 g/mol. The number of fused-ring (bicyclic) bond motifs is 1. The molecule has 4 rings (SSSR count). The number of anilines is 1. The number of hydrogen-bond acceptors (Lipinski definition) is 5. The average Bonchev–Trinajstić information content (AvgIpc) is 2.99. The molecule has 0 radical (unpaired) electrons. The van der Waals surface area contributed by atoms with Crippen LogP contribution in [0.5, 0.6) is 11.5 Å². The second kappa shape index (κ2) is 7.87. The zero-order valence-electron chi connectivity index (χ0n) is 16.2. The van der Waals surface area contributed by atoms with Gasteiger partial charge in [-0.15, -0.1) is 0 Å². The van der Waals surface area contributed by atoms with Gasteiger partial charge in [0.05, 0.1) is 0 Å². The summed E-state index contributed by atoms with van der Waals surface area (Å²) in [7, 11) is 0. The fraction of sp³-hybridized carbons (Fsp3) is 0.286. The largest absolute Gasteiger partial charge is 0.486 e. The lowest BCUT2D eigenvalue weighted by Crippen LogP contribution is -2.44. The lowest BCUT2D eigenvalue weighted by molar-refractivity contribution is -0.134. The summed E-state index contributed by atoms with van der Waals surface area (Å²) >= 11 is 5.94. The maximum absolute atomic E-state index is 13.1. The maximum Gasteiger partial charge on any atom is 0.325 e. The third-order valence-corrected chi connectivity index (χ3v) is 5.42. The van der Waals surface area contributed by atoms with Crippen LogP contribution in [0.4, 0.5) is 10.5 Å². The van der Waals surface area contributed by atoms with Crippen LogP contribution in [0, 0.1) is 0 Å². The Labute approximate surface area is 178 Å². The summed E-state index contributed by atoms with van der Waals surface area (Å²) in [4.78, 5) is 39.1. The normalized spacial score (nSPS) is 20.1. The number of benzene rings is 2. The van der Waals surface area contributed by atoms with E-state index in [-0.39, 0.29) is 0 Å². The second-order valence-corrected chi connectivity index (χ2v) is 7.43. The van der Waals surface area contributed by atoms with Gasteiger partial charge < -0.3 is 20.1 Å². The van der Waals surface area contributed by atoms with Gasteiger partial charge >= 0.3 is 6.03 Å². The highest BCUT2D eigenvalue weighted by Crippen LogP contribution is 2.34. The van der Waals surface area contributed by atoms with E-state index in [4.69, 9.17) is 21.1 Å². The van der Waals surface area contributed by atoms with Crippen LogP contribution < -0.4 is 20.1 Å². The van der Waals surface area contributed by atoms with Crippen LogP contribution >= 0.6 is 11.6 Å². The smallest absolute Gasteiger partial charge is 0.325 e. The quantitative estimate of drug-likeness (QED) is 0.712. The summed E-state index contributed by atoms with van der Waals surface area (Å²) < 4.78 is 11.0.